The molecular formula is C23H19IN2O4S. The number of halogens is 1. The minimum Gasteiger partial charge on any atom is -0.507 e. The molecule has 0 aliphatic carbocycles. The maximum Gasteiger partial charge on any atom is 0.301 e. The Bertz CT molecular complexity index is 1140. The smallest absolute Gasteiger partial charge is 0.301 e. The van der Waals surface area contributed by atoms with Gasteiger partial charge in [-0.1, -0.05) is 31.2 Å². The van der Waals surface area contributed by atoms with E-state index in [2.05, 4.69) is 27.6 Å². The standard InChI is InChI=1S/C23H19IN2O4S/c1-2-11-30-17-5-3-4-15(13-17)20(27)18-19(14-6-8-16(24)9-7-14)26(22(29)21(18)28)23-25-10-12-31-23/h3-10,12-13,19,27H,2,11H2,1H3/b20-18+. The van der Waals surface area contributed by atoms with Crippen LogP contribution >= 0.6 is 33.9 Å². The first-order valence-electron chi connectivity index (χ1n) is 9.70. The molecule has 0 bridgehead atoms. The van der Waals surface area contributed by atoms with Gasteiger partial charge in [0.2, 0.25) is 0 Å². The summed E-state index contributed by atoms with van der Waals surface area (Å²) in [6, 6.07) is 13.6. The molecule has 2 aromatic carbocycles. The van der Waals surface area contributed by atoms with E-state index in [4.69, 9.17) is 4.74 Å². The molecule has 1 fully saturated rings. The number of Topliss-reactive ketones (excluding diaryl/α,β-unsaturated/α-hetero) is 1. The predicted molar refractivity (Wildman–Crippen MR) is 128 cm³/mol. The quantitative estimate of drug-likeness (QED) is 0.200. The molecule has 1 N–H and O–H groups in total. The van der Waals surface area contributed by atoms with Gasteiger partial charge in [-0.15, -0.1) is 11.3 Å². The van der Waals surface area contributed by atoms with Gasteiger partial charge < -0.3 is 9.84 Å². The second-order valence-corrected chi connectivity index (χ2v) is 9.03. The van der Waals surface area contributed by atoms with Crippen LogP contribution in [-0.4, -0.2) is 28.4 Å². The fourth-order valence-electron chi connectivity index (χ4n) is 3.43. The Labute approximate surface area is 197 Å². The van der Waals surface area contributed by atoms with E-state index >= 15 is 0 Å². The van der Waals surface area contributed by atoms with E-state index in [1.165, 1.54) is 16.2 Å². The Morgan fingerprint density at radius 2 is 2.00 bits per heavy atom. The first-order chi connectivity index (χ1) is 15.0. The zero-order chi connectivity index (χ0) is 22.0. The van der Waals surface area contributed by atoms with Crippen LogP contribution in [0.3, 0.4) is 0 Å². The van der Waals surface area contributed by atoms with Crippen molar-refractivity contribution in [2.45, 2.75) is 19.4 Å². The molecule has 1 aliphatic rings. The number of amides is 1. The van der Waals surface area contributed by atoms with E-state index in [0.717, 1.165) is 15.6 Å². The second kappa shape index (κ2) is 9.19. The van der Waals surface area contributed by atoms with Crippen LogP contribution in [0.2, 0.25) is 0 Å². The largest absolute Gasteiger partial charge is 0.507 e. The van der Waals surface area contributed by atoms with Crippen molar-refractivity contribution in [3.63, 3.8) is 0 Å². The zero-order valence-corrected chi connectivity index (χ0v) is 19.6. The lowest BCUT2D eigenvalue weighted by Crippen LogP contribution is -2.29. The third kappa shape index (κ3) is 4.22. The molecule has 1 atom stereocenters. The molecule has 2 heterocycles. The van der Waals surface area contributed by atoms with Crippen molar-refractivity contribution in [2.24, 2.45) is 0 Å². The summed E-state index contributed by atoms with van der Waals surface area (Å²) in [6.07, 6.45) is 2.43. The minimum atomic E-state index is -0.775. The molecular weight excluding hydrogens is 527 g/mol. The zero-order valence-electron chi connectivity index (χ0n) is 16.6. The Kier molecular flexibility index (Phi) is 6.38. The molecule has 1 amide bonds. The molecule has 1 saturated heterocycles. The van der Waals surface area contributed by atoms with E-state index < -0.39 is 17.7 Å². The number of hydrogen-bond donors (Lipinski definition) is 1. The highest BCUT2D eigenvalue weighted by molar-refractivity contribution is 14.1. The molecule has 1 aromatic heterocycles. The Morgan fingerprint density at radius 1 is 1.23 bits per heavy atom. The van der Waals surface area contributed by atoms with Crippen molar-refractivity contribution in [3.05, 3.63) is 80.4 Å². The second-order valence-electron chi connectivity index (χ2n) is 6.91. The number of thiazole rings is 1. The van der Waals surface area contributed by atoms with Gasteiger partial charge in [-0.25, -0.2) is 4.98 Å². The summed E-state index contributed by atoms with van der Waals surface area (Å²) < 4.78 is 6.68. The first-order valence-corrected chi connectivity index (χ1v) is 11.7. The highest BCUT2D eigenvalue weighted by Crippen LogP contribution is 2.42. The van der Waals surface area contributed by atoms with Crippen LogP contribution < -0.4 is 9.64 Å². The molecule has 0 spiro atoms. The van der Waals surface area contributed by atoms with Crippen molar-refractivity contribution >= 4 is 56.5 Å². The summed E-state index contributed by atoms with van der Waals surface area (Å²) in [5, 5.41) is 13.3. The van der Waals surface area contributed by atoms with Crippen LogP contribution in [-0.2, 0) is 9.59 Å². The predicted octanol–water partition coefficient (Wildman–Crippen LogP) is 5.16. The fourth-order valence-corrected chi connectivity index (χ4v) is 4.46. The SMILES string of the molecule is CCCOc1cccc(/C(O)=C2\C(=O)C(=O)N(c3nccs3)C2c2ccc(I)cc2)c1. The van der Waals surface area contributed by atoms with Gasteiger partial charge in [0, 0.05) is 20.7 Å². The van der Waals surface area contributed by atoms with Crippen LogP contribution in [0.4, 0.5) is 5.13 Å². The number of benzene rings is 2. The fraction of sp³-hybridized carbons (Fsp3) is 0.174. The maximum absolute atomic E-state index is 13.1. The van der Waals surface area contributed by atoms with Gasteiger partial charge in [-0.2, -0.15) is 0 Å². The minimum absolute atomic E-state index is 0.0362. The molecule has 31 heavy (non-hydrogen) atoms. The summed E-state index contributed by atoms with van der Waals surface area (Å²) in [6.45, 7) is 2.55. The number of carbonyl (C=O) groups excluding carboxylic acids is 2. The molecule has 3 aromatic rings. The molecule has 1 unspecified atom stereocenters. The lowest BCUT2D eigenvalue weighted by Gasteiger charge is -2.23. The average molecular weight is 546 g/mol. The normalized spacial score (nSPS) is 17.9. The van der Waals surface area contributed by atoms with Crippen LogP contribution in [0.15, 0.2) is 65.7 Å². The summed E-state index contributed by atoms with van der Waals surface area (Å²) in [5.41, 5.74) is 1.17. The highest BCUT2D eigenvalue weighted by atomic mass is 127. The molecule has 158 valence electrons. The highest BCUT2D eigenvalue weighted by Gasteiger charge is 2.47. The number of aromatic nitrogens is 1. The number of hydrogen-bond acceptors (Lipinski definition) is 6. The van der Waals surface area contributed by atoms with Crippen molar-refractivity contribution in [2.75, 3.05) is 11.5 Å². The number of rotatable bonds is 6. The number of carbonyl (C=O) groups is 2. The van der Waals surface area contributed by atoms with Gasteiger partial charge in [0.25, 0.3) is 5.78 Å². The molecule has 8 heteroatoms. The molecule has 0 radical (unpaired) electrons. The average Bonchev–Trinajstić information content (AvgIpc) is 3.39. The third-order valence-corrected chi connectivity index (χ3v) is 6.33. The number of ether oxygens (including phenoxy) is 1. The summed E-state index contributed by atoms with van der Waals surface area (Å²) in [5.74, 6) is -1.09. The Morgan fingerprint density at radius 3 is 2.68 bits per heavy atom. The molecule has 6 nitrogen and oxygen atoms in total. The van der Waals surface area contributed by atoms with E-state index in [1.807, 2.05) is 31.2 Å². The van der Waals surface area contributed by atoms with E-state index in [0.29, 0.717) is 23.1 Å². The van der Waals surface area contributed by atoms with Crippen LogP contribution in [0.25, 0.3) is 5.76 Å². The number of ketones is 1. The topological polar surface area (TPSA) is 79.7 Å². The number of aliphatic hydroxyl groups is 1. The number of nitrogens with zero attached hydrogens (tertiary/aromatic N) is 2. The monoisotopic (exact) mass is 546 g/mol. The van der Waals surface area contributed by atoms with Gasteiger partial charge >= 0.3 is 5.91 Å². The molecule has 1 aliphatic heterocycles. The Balaban J connectivity index is 1.86. The summed E-state index contributed by atoms with van der Waals surface area (Å²) >= 11 is 3.46. The summed E-state index contributed by atoms with van der Waals surface area (Å²) in [7, 11) is 0. The van der Waals surface area contributed by atoms with Crippen molar-refractivity contribution in [1.29, 1.82) is 0 Å². The van der Waals surface area contributed by atoms with Gasteiger partial charge in [-0.05, 0) is 58.8 Å². The maximum atomic E-state index is 13.1. The third-order valence-electron chi connectivity index (χ3n) is 4.84. The lowest BCUT2D eigenvalue weighted by molar-refractivity contribution is -0.132. The van der Waals surface area contributed by atoms with Gasteiger partial charge in [0.1, 0.15) is 11.5 Å². The van der Waals surface area contributed by atoms with Crippen LogP contribution in [0.1, 0.15) is 30.5 Å². The number of aliphatic hydroxyl groups excluding tert-OH is 1. The van der Waals surface area contributed by atoms with Crippen molar-refractivity contribution < 1.29 is 19.4 Å². The van der Waals surface area contributed by atoms with Crippen LogP contribution in [0, 0.1) is 3.57 Å². The van der Waals surface area contributed by atoms with Gasteiger partial charge in [0.05, 0.1) is 18.2 Å². The van der Waals surface area contributed by atoms with Gasteiger partial charge in [0.15, 0.2) is 5.13 Å². The van der Waals surface area contributed by atoms with E-state index in [1.54, 1.807) is 35.8 Å². The van der Waals surface area contributed by atoms with Crippen molar-refractivity contribution in [1.82, 2.24) is 4.98 Å². The summed E-state index contributed by atoms with van der Waals surface area (Å²) in [4.78, 5) is 31.6. The van der Waals surface area contributed by atoms with E-state index in [9.17, 15) is 14.7 Å². The molecule has 4 rings (SSSR count). The van der Waals surface area contributed by atoms with E-state index in [-0.39, 0.29) is 11.3 Å². The van der Waals surface area contributed by atoms with Crippen LogP contribution in [0.5, 0.6) is 5.75 Å². The van der Waals surface area contributed by atoms with Gasteiger partial charge in [-0.3, -0.25) is 14.5 Å². The first kappa shape index (κ1) is 21.5. The Hall–Kier alpha value is -2.72. The number of anilines is 1. The van der Waals surface area contributed by atoms with Crippen molar-refractivity contribution in [3.8, 4) is 5.75 Å². The molecule has 0 saturated carbocycles. The lowest BCUT2D eigenvalue weighted by atomic mass is 9.95.